The topological polar surface area (TPSA) is 21.3 Å². The highest BCUT2D eigenvalue weighted by atomic mass is 32.2. The van der Waals surface area contributed by atoms with Gasteiger partial charge in [-0.05, 0) is 41.9 Å². The third-order valence-electron chi connectivity index (χ3n) is 3.10. The van der Waals surface area contributed by atoms with E-state index in [9.17, 15) is 4.39 Å². The second kappa shape index (κ2) is 8.05. The molecule has 0 aromatic heterocycles. The molecule has 1 N–H and O–H groups in total. The summed E-state index contributed by atoms with van der Waals surface area (Å²) in [4.78, 5) is 1.20. The van der Waals surface area contributed by atoms with E-state index in [-0.39, 0.29) is 11.6 Å². The van der Waals surface area contributed by atoms with Gasteiger partial charge >= 0.3 is 0 Å². The molecule has 0 unspecified atom stereocenters. The molecule has 0 saturated carbocycles. The summed E-state index contributed by atoms with van der Waals surface area (Å²) in [6.07, 6.45) is 0. The first-order valence-corrected chi connectivity index (χ1v) is 7.96. The molecule has 0 radical (unpaired) electrons. The Labute approximate surface area is 129 Å². The van der Waals surface area contributed by atoms with Crippen LogP contribution in [-0.2, 0) is 12.3 Å². The number of thioether (sulfide) groups is 1. The molecule has 2 nitrogen and oxygen atoms in total. The lowest BCUT2D eigenvalue weighted by Crippen LogP contribution is -2.11. The number of rotatable bonds is 7. The number of ether oxygens (including phenoxy) is 1. The standard InChI is InChI=1S/C17H20FNOS/c1-3-19-11-13-5-4-6-15(9-13)21-12-14-7-8-17(20-2)16(18)10-14/h4-10,19H,3,11-12H2,1-2H3. The Morgan fingerprint density at radius 2 is 2.00 bits per heavy atom. The lowest BCUT2D eigenvalue weighted by atomic mass is 10.2. The largest absolute Gasteiger partial charge is 0.494 e. The lowest BCUT2D eigenvalue weighted by molar-refractivity contribution is 0.386. The molecular formula is C17H20FNOS. The molecule has 0 amide bonds. The van der Waals surface area contributed by atoms with Crippen LogP contribution in [0.2, 0.25) is 0 Å². The minimum Gasteiger partial charge on any atom is -0.494 e. The van der Waals surface area contributed by atoms with Crippen LogP contribution in [0.15, 0.2) is 47.4 Å². The lowest BCUT2D eigenvalue weighted by Gasteiger charge is -2.07. The maximum absolute atomic E-state index is 13.6. The molecule has 21 heavy (non-hydrogen) atoms. The normalized spacial score (nSPS) is 10.6. The van der Waals surface area contributed by atoms with Crippen LogP contribution >= 0.6 is 11.8 Å². The summed E-state index contributed by atoms with van der Waals surface area (Å²) < 4.78 is 18.6. The smallest absolute Gasteiger partial charge is 0.165 e. The van der Waals surface area contributed by atoms with E-state index >= 15 is 0 Å². The van der Waals surface area contributed by atoms with E-state index in [4.69, 9.17) is 4.74 Å². The fourth-order valence-corrected chi connectivity index (χ4v) is 2.90. The van der Waals surface area contributed by atoms with Gasteiger partial charge in [-0.3, -0.25) is 0 Å². The van der Waals surface area contributed by atoms with Crippen LogP contribution in [0.25, 0.3) is 0 Å². The van der Waals surface area contributed by atoms with Crippen molar-refractivity contribution in [1.29, 1.82) is 0 Å². The van der Waals surface area contributed by atoms with Crippen LogP contribution in [0.5, 0.6) is 5.75 Å². The molecule has 0 aliphatic rings. The number of benzene rings is 2. The molecule has 0 saturated heterocycles. The van der Waals surface area contributed by atoms with Crippen molar-refractivity contribution in [2.75, 3.05) is 13.7 Å². The van der Waals surface area contributed by atoms with Gasteiger partial charge in [-0.2, -0.15) is 0 Å². The van der Waals surface area contributed by atoms with Crippen molar-refractivity contribution in [3.05, 3.63) is 59.4 Å². The summed E-state index contributed by atoms with van der Waals surface area (Å²) in [6.45, 7) is 3.93. The van der Waals surface area contributed by atoms with Gasteiger partial charge in [0, 0.05) is 17.2 Å². The highest BCUT2D eigenvalue weighted by Gasteiger charge is 2.04. The monoisotopic (exact) mass is 305 g/mol. The van der Waals surface area contributed by atoms with Crippen molar-refractivity contribution in [3.63, 3.8) is 0 Å². The van der Waals surface area contributed by atoms with Gasteiger partial charge in [0.05, 0.1) is 7.11 Å². The maximum Gasteiger partial charge on any atom is 0.165 e. The first-order chi connectivity index (χ1) is 10.2. The van der Waals surface area contributed by atoms with Crippen LogP contribution in [0.1, 0.15) is 18.1 Å². The second-order valence-electron chi connectivity index (χ2n) is 4.69. The molecule has 0 spiro atoms. The first kappa shape index (κ1) is 15.9. The quantitative estimate of drug-likeness (QED) is 0.773. The zero-order chi connectivity index (χ0) is 15.1. The zero-order valence-corrected chi connectivity index (χ0v) is 13.2. The Balaban J connectivity index is 1.97. The van der Waals surface area contributed by atoms with Crippen LogP contribution in [-0.4, -0.2) is 13.7 Å². The van der Waals surface area contributed by atoms with Crippen molar-refractivity contribution in [3.8, 4) is 5.75 Å². The number of halogens is 1. The molecule has 0 atom stereocenters. The van der Waals surface area contributed by atoms with Crippen molar-refractivity contribution in [2.45, 2.75) is 24.1 Å². The van der Waals surface area contributed by atoms with E-state index in [1.807, 2.05) is 6.07 Å². The van der Waals surface area contributed by atoms with Gasteiger partial charge in [-0.25, -0.2) is 4.39 Å². The Morgan fingerprint density at radius 1 is 1.14 bits per heavy atom. The summed E-state index contributed by atoms with van der Waals surface area (Å²) >= 11 is 1.71. The van der Waals surface area contributed by atoms with E-state index in [1.165, 1.54) is 23.6 Å². The fourth-order valence-electron chi connectivity index (χ4n) is 1.98. The number of hydrogen-bond donors (Lipinski definition) is 1. The van der Waals surface area contributed by atoms with Crippen molar-refractivity contribution in [2.24, 2.45) is 0 Å². The average molecular weight is 305 g/mol. The molecule has 0 bridgehead atoms. The van der Waals surface area contributed by atoms with Gasteiger partial charge < -0.3 is 10.1 Å². The van der Waals surface area contributed by atoms with Crippen LogP contribution in [0.3, 0.4) is 0 Å². The molecule has 0 aliphatic carbocycles. The fraction of sp³-hybridized carbons (Fsp3) is 0.294. The highest BCUT2D eigenvalue weighted by molar-refractivity contribution is 7.98. The molecule has 0 fully saturated rings. The SMILES string of the molecule is CCNCc1cccc(SCc2ccc(OC)c(F)c2)c1. The van der Waals surface area contributed by atoms with Crippen LogP contribution in [0.4, 0.5) is 4.39 Å². The van der Waals surface area contributed by atoms with Crippen LogP contribution < -0.4 is 10.1 Å². The molecule has 2 aromatic carbocycles. The Bertz CT molecular complexity index is 589. The summed E-state index contributed by atoms with van der Waals surface area (Å²) in [5.41, 5.74) is 2.22. The second-order valence-corrected chi connectivity index (χ2v) is 5.73. The van der Waals surface area contributed by atoms with Gasteiger partial charge in [0.2, 0.25) is 0 Å². The van der Waals surface area contributed by atoms with Gasteiger partial charge in [0.15, 0.2) is 11.6 Å². The van der Waals surface area contributed by atoms with Gasteiger partial charge in [0.1, 0.15) is 0 Å². The highest BCUT2D eigenvalue weighted by Crippen LogP contribution is 2.26. The summed E-state index contributed by atoms with van der Waals surface area (Å²) in [5, 5.41) is 3.31. The molecule has 2 aromatic rings. The van der Waals surface area contributed by atoms with Crippen molar-refractivity contribution in [1.82, 2.24) is 5.32 Å². The maximum atomic E-state index is 13.6. The molecule has 2 rings (SSSR count). The third kappa shape index (κ3) is 4.76. The predicted molar refractivity (Wildman–Crippen MR) is 86.3 cm³/mol. The predicted octanol–water partition coefficient (Wildman–Crippen LogP) is 4.24. The molecule has 4 heteroatoms. The van der Waals surface area contributed by atoms with Gasteiger partial charge in [0.25, 0.3) is 0 Å². The first-order valence-electron chi connectivity index (χ1n) is 6.97. The van der Waals surface area contributed by atoms with E-state index in [0.717, 1.165) is 24.4 Å². The van der Waals surface area contributed by atoms with E-state index < -0.39 is 0 Å². The summed E-state index contributed by atoms with van der Waals surface area (Å²) in [6, 6.07) is 13.5. The molecule has 0 aliphatic heterocycles. The molecule has 0 heterocycles. The Hall–Kier alpha value is -1.52. The average Bonchev–Trinajstić information content (AvgIpc) is 2.51. The number of nitrogens with one attached hydrogen (secondary N) is 1. The minimum atomic E-state index is -0.309. The summed E-state index contributed by atoms with van der Waals surface area (Å²) in [7, 11) is 1.47. The van der Waals surface area contributed by atoms with Crippen molar-refractivity contribution < 1.29 is 9.13 Å². The van der Waals surface area contributed by atoms with Crippen LogP contribution in [0, 0.1) is 5.82 Å². The minimum absolute atomic E-state index is 0.288. The van der Waals surface area contributed by atoms with E-state index in [2.05, 4.69) is 36.5 Å². The number of methoxy groups -OCH3 is 1. The summed E-state index contributed by atoms with van der Waals surface area (Å²) in [5.74, 6) is 0.721. The number of hydrogen-bond acceptors (Lipinski definition) is 3. The van der Waals surface area contributed by atoms with E-state index in [0.29, 0.717) is 0 Å². The molecular weight excluding hydrogens is 285 g/mol. The Kier molecular flexibility index (Phi) is 6.08. The zero-order valence-electron chi connectivity index (χ0n) is 12.4. The third-order valence-corrected chi connectivity index (χ3v) is 4.16. The van der Waals surface area contributed by atoms with Gasteiger partial charge in [-0.1, -0.05) is 25.1 Å². The molecule has 112 valence electrons. The van der Waals surface area contributed by atoms with E-state index in [1.54, 1.807) is 17.8 Å². The van der Waals surface area contributed by atoms with Gasteiger partial charge in [-0.15, -0.1) is 11.8 Å². The Morgan fingerprint density at radius 3 is 2.71 bits per heavy atom. The van der Waals surface area contributed by atoms with Crippen molar-refractivity contribution >= 4 is 11.8 Å².